The molecule has 2 N–H and O–H groups in total. The van der Waals surface area contributed by atoms with E-state index in [0.717, 1.165) is 16.8 Å². The fourth-order valence-electron chi connectivity index (χ4n) is 3.60. The molecule has 35 heavy (non-hydrogen) atoms. The molecule has 1 heterocycles. The Morgan fingerprint density at radius 2 is 1.71 bits per heavy atom. The highest BCUT2D eigenvalue weighted by atomic mass is 35.5. The molecule has 0 fully saturated rings. The number of aromatic nitrogens is 2. The van der Waals surface area contributed by atoms with Gasteiger partial charge in [0.15, 0.2) is 0 Å². The third-order valence-electron chi connectivity index (χ3n) is 5.22. The van der Waals surface area contributed by atoms with Gasteiger partial charge in [0.25, 0.3) is 5.91 Å². The van der Waals surface area contributed by atoms with Crippen molar-refractivity contribution in [1.82, 2.24) is 20.0 Å². The van der Waals surface area contributed by atoms with Crippen LogP contribution >= 0.6 is 11.6 Å². The molecule has 3 aromatic carbocycles. The first kappa shape index (κ1) is 24.2. The van der Waals surface area contributed by atoms with Crippen LogP contribution in [0.4, 0.5) is 5.69 Å². The van der Waals surface area contributed by atoms with Crippen molar-refractivity contribution in [3.63, 3.8) is 0 Å². The van der Waals surface area contributed by atoms with E-state index in [1.54, 1.807) is 27.9 Å². The van der Waals surface area contributed by atoms with Gasteiger partial charge in [0, 0.05) is 29.0 Å². The summed E-state index contributed by atoms with van der Waals surface area (Å²) in [5.41, 5.74) is 4.20. The van der Waals surface area contributed by atoms with E-state index in [1.165, 1.54) is 0 Å². The number of benzene rings is 3. The van der Waals surface area contributed by atoms with Gasteiger partial charge in [0.05, 0.1) is 17.8 Å². The first-order valence-corrected chi connectivity index (χ1v) is 11.5. The molecule has 0 spiro atoms. The minimum Gasteiger partial charge on any atom is -0.348 e. The Balaban J connectivity index is 1.54. The van der Waals surface area contributed by atoms with Crippen molar-refractivity contribution in [1.29, 1.82) is 0 Å². The SMILES string of the molecule is CN(C)CC(=O)Nc1cccc(CNC(=O)c2cn(-c3ccccc3)nc2-c2ccc(Cl)cc2)c1. The number of rotatable bonds is 8. The summed E-state index contributed by atoms with van der Waals surface area (Å²) >= 11 is 6.06. The largest absolute Gasteiger partial charge is 0.348 e. The van der Waals surface area contributed by atoms with Gasteiger partial charge in [0.2, 0.25) is 5.91 Å². The summed E-state index contributed by atoms with van der Waals surface area (Å²) in [6.07, 6.45) is 1.73. The number of anilines is 1. The maximum atomic E-state index is 13.2. The summed E-state index contributed by atoms with van der Waals surface area (Å²) in [7, 11) is 3.67. The number of carbonyl (C=O) groups excluding carboxylic acids is 2. The molecule has 178 valence electrons. The van der Waals surface area contributed by atoms with Crippen LogP contribution in [0.1, 0.15) is 15.9 Å². The molecular weight excluding hydrogens is 462 g/mol. The third-order valence-corrected chi connectivity index (χ3v) is 5.47. The zero-order valence-electron chi connectivity index (χ0n) is 19.5. The molecule has 0 atom stereocenters. The van der Waals surface area contributed by atoms with Crippen LogP contribution in [0.2, 0.25) is 5.02 Å². The average molecular weight is 488 g/mol. The lowest BCUT2D eigenvalue weighted by molar-refractivity contribution is -0.116. The molecule has 0 aliphatic heterocycles. The van der Waals surface area contributed by atoms with Crippen LogP contribution in [-0.2, 0) is 11.3 Å². The molecule has 2 amide bonds. The van der Waals surface area contributed by atoms with E-state index in [0.29, 0.717) is 35.1 Å². The second-order valence-corrected chi connectivity index (χ2v) is 8.78. The Kier molecular flexibility index (Phi) is 7.60. The van der Waals surface area contributed by atoms with Gasteiger partial charge in [-0.1, -0.05) is 54.1 Å². The lowest BCUT2D eigenvalue weighted by Gasteiger charge is -2.11. The van der Waals surface area contributed by atoms with Crippen LogP contribution in [0.25, 0.3) is 16.9 Å². The second kappa shape index (κ2) is 11.0. The van der Waals surface area contributed by atoms with Crippen LogP contribution in [0.3, 0.4) is 0 Å². The predicted octanol–water partition coefficient (Wildman–Crippen LogP) is 4.62. The Morgan fingerprint density at radius 1 is 0.971 bits per heavy atom. The van der Waals surface area contributed by atoms with Crippen molar-refractivity contribution in [3.05, 3.63) is 101 Å². The normalized spacial score (nSPS) is 10.9. The first-order valence-electron chi connectivity index (χ1n) is 11.1. The number of carbonyl (C=O) groups is 2. The summed E-state index contributed by atoms with van der Waals surface area (Å²) in [6.45, 7) is 0.590. The summed E-state index contributed by atoms with van der Waals surface area (Å²) in [5.74, 6) is -0.351. The van der Waals surface area contributed by atoms with E-state index in [9.17, 15) is 9.59 Å². The minimum atomic E-state index is -0.251. The standard InChI is InChI=1S/C27H26ClN5O2/c1-32(2)18-25(34)30-22-8-6-7-19(15-22)16-29-27(35)24-17-33(23-9-4-3-5-10-23)31-26(24)20-11-13-21(28)14-12-20/h3-15,17H,16,18H2,1-2H3,(H,29,35)(H,30,34). The van der Waals surface area contributed by atoms with Gasteiger partial charge in [-0.3, -0.25) is 9.59 Å². The number of para-hydroxylation sites is 1. The predicted molar refractivity (Wildman–Crippen MR) is 139 cm³/mol. The van der Waals surface area contributed by atoms with Crippen molar-refractivity contribution in [3.8, 4) is 16.9 Å². The third kappa shape index (κ3) is 6.35. The van der Waals surface area contributed by atoms with Crippen molar-refractivity contribution in [2.45, 2.75) is 6.54 Å². The van der Waals surface area contributed by atoms with Crippen LogP contribution in [-0.4, -0.2) is 47.1 Å². The second-order valence-electron chi connectivity index (χ2n) is 8.35. The number of nitrogens with zero attached hydrogens (tertiary/aromatic N) is 3. The lowest BCUT2D eigenvalue weighted by atomic mass is 10.1. The van der Waals surface area contributed by atoms with Gasteiger partial charge < -0.3 is 15.5 Å². The van der Waals surface area contributed by atoms with Crippen molar-refractivity contribution in [2.75, 3.05) is 26.0 Å². The van der Waals surface area contributed by atoms with Gasteiger partial charge in [-0.25, -0.2) is 4.68 Å². The molecule has 0 saturated heterocycles. The Morgan fingerprint density at radius 3 is 2.43 bits per heavy atom. The van der Waals surface area contributed by atoms with E-state index in [4.69, 9.17) is 11.6 Å². The van der Waals surface area contributed by atoms with Crippen LogP contribution in [0.5, 0.6) is 0 Å². The number of likely N-dealkylation sites (N-methyl/N-ethyl adjacent to an activating group) is 1. The summed E-state index contributed by atoms with van der Waals surface area (Å²) in [5, 5.41) is 11.1. The minimum absolute atomic E-state index is 0.0999. The molecular formula is C27H26ClN5O2. The molecule has 4 rings (SSSR count). The summed E-state index contributed by atoms with van der Waals surface area (Å²) in [4.78, 5) is 27.1. The van der Waals surface area contributed by atoms with Crippen molar-refractivity contribution < 1.29 is 9.59 Å². The Labute approximate surface area is 209 Å². The molecule has 0 aliphatic rings. The van der Waals surface area contributed by atoms with Crippen LogP contribution < -0.4 is 10.6 Å². The summed E-state index contributed by atoms with van der Waals surface area (Å²) < 4.78 is 1.69. The maximum absolute atomic E-state index is 13.2. The molecule has 0 saturated carbocycles. The highest BCUT2D eigenvalue weighted by Crippen LogP contribution is 2.25. The molecule has 4 aromatic rings. The monoisotopic (exact) mass is 487 g/mol. The highest BCUT2D eigenvalue weighted by molar-refractivity contribution is 6.30. The highest BCUT2D eigenvalue weighted by Gasteiger charge is 2.19. The zero-order valence-corrected chi connectivity index (χ0v) is 20.3. The van der Waals surface area contributed by atoms with Crippen molar-refractivity contribution in [2.24, 2.45) is 0 Å². The fraction of sp³-hybridized carbons (Fsp3) is 0.148. The van der Waals surface area contributed by atoms with Gasteiger partial charge in [0.1, 0.15) is 5.69 Å². The molecule has 1 aromatic heterocycles. The number of nitrogens with one attached hydrogen (secondary N) is 2. The Bertz CT molecular complexity index is 1320. The van der Waals surface area contributed by atoms with E-state index in [-0.39, 0.29) is 11.8 Å². The van der Waals surface area contributed by atoms with Crippen molar-refractivity contribution >= 4 is 29.1 Å². The van der Waals surface area contributed by atoms with Gasteiger partial charge in [-0.05, 0) is 56.1 Å². The zero-order chi connectivity index (χ0) is 24.8. The van der Waals surface area contributed by atoms with Gasteiger partial charge in [-0.2, -0.15) is 5.10 Å². The van der Waals surface area contributed by atoms with Crippen LogP contribution in [0, 0.1) is 0 Å². The van der Waals surface area contributed by atoms with E-state index < -0.39 is 0 Å². The smallest absolute Gasteiger partial charge is 0.255 e. The lowest BCUT2D eigenvalue weighted by Crippen LogP contribution is -2.27. The number of halogens is 1. The number of hydrogen-bond donors (Lipinski definition) is 2. The molecule has 0 unspecified atom stereocenters. The van der Waals surface area contributed by atoms with E-state index in [1.807, 2.05) is 80.8 Å². The molecule has 0 bridgehead atoms. The van der Waals surface area contributed by atoms with Gasteiger partial charge in [-0.15, -0.1) is 0 Å². The van der Waals surface area contributed by atoms with E-state index >= 15 is 0 Å². The first-order chi connectivity index (χ1) is 16.9. The molecule has 7 nitrogen and oxygen atoms in total. The Hall–Kier alpha value is -3.94. The summed E-state index contributed by atoms with van der Waals surface area (Å²) in [6, 6.07) is 24.3. The number of hydrogen-bond acceptors (Lipinski definition) is 4. The average Bonchev–Trinajstić information content (AvgIpc) is 3.29. The maximum Gasteiger partial charge on any atom is 0.255 e. The topological polar surface area (TPSA) is 79.3 Å². The molecule has 8 heteroatoms. The van der Waals surface area contributed by atoms with E-state index in [2.05, 4.69) is 15.7 Å². The quantitative estimate of drug-likeness (QED) is 0.380. The molecule has 0 aliphatic carbocycles. The molecule has 0 radical (unpaired) electrons. The van der Waals surface area contributed by atoms with Gasteiger partial charge >= 0.3 is 0 Å². The number of amides is 2. The van der Waals surface area contributed by atoms with Crippen LogP contribution in [0.15, 0.2) is 85.1 Å². The fourth-order valence-corrected chi connectivity index (χ4v) is 3.72.